The van der Waals surface area contributed by atoms with Gasteiger partial charge in [0.25, 0.3) is 0 Å². The minimum Gasteiger partial charge on any atom is -0.309 e. The molecule has 1 saturated heterocycles. The highest BCUT2D eigenvalue weighted by atomic mass is 32.2. The zero-order valence-electron chi connectivity index (χ0n) is 11.3. The quantitative estimate of drug-likeness (QED) is 0.884. The first-order chi connectivity index (χ1) is 8.76. The number of hydrogen-bond acceptors (Lipinski definition) is 5. The molecule has 0 radical (unpaired) electrons. The van der Waals surface area contributed by atoms with Crippen LogP contribution in [-0.2, 0) is 0 Å². The maximum absolute atomic E-state index is 4.87. The summed E-state index contributed by atoms with van der Waals surface area (Å²) in [5.41, 5.74) is 1.21. The standard InChI is InChI=1S/C13H22N2S3/c1-4-11-12(17-7-6-16-11)13-15-10(8-18-13)9(3)14-5-2/h8-9,11-12,14H,4-7H2,1-3H3. The summed E-state index contributed by atoms with van der Waals surface area (Å²) in [4.78, 5) is 4.87. The monoisotopic (exact) mass is 302 g/mol. The van der Waals surface area contributed by atoms with Crippen LogP contribution in [0.4, 0.5) is 0 Å². The topological polar surface area (TPSA) is 24.9 Å². The molecular formula is C13H22N2S3. The van der Waals surface area contributed by atoms with Gasteiger partial charge >= 0.3 is 0 Å². The Balaban J connectivity index is 2.08. The summed E-state index contributed by atoms with van der Waals surface area (Å²) in [6.45, 7) is 7.64. The van der Waals surface area contributed by atoms with Crippen molar-refractivity contribution in [2.24, 2.45) is 0 Å². The van der Waals surface area contributed by atoms with Crippen molar-refractivity contribution in [3.05, 3.63) is 16.1 Å². The van der Waals surface area contributed by atoms with E-state index >= 15 is 0 Å². The summed E-state index contributed by atoms with van der Waals surface area (Å²) in [5, 5.41) is 8.36. The lowest BCUT2D eigenvalue weighted by molar-refractivity contribution is 0.584. The molecule has 2 heterocycles. The Bertz CT molecular complexity index is 367. The van der Waals surface area contributed by atoms with Gasteiger partial charge in [-0.05, 0) is 19.9 Å². The van der Waals surface area contributed by atoms with Gasteiger partial charge in [0, 0.05) is 28.2 Å². The van der Waals surface area contributed by atoms with Crippen LogP contribution in [0.1, 0.15) is 49.2 Å². The number of nitrogens with zero attached hydrogens (tertiary/aromatic N) is 1. The predicted octanol–water partition coefficient (Wildman–Crippen LogP) is 4.11. The van der Waals surface area contributed by atoms with Gasteiger partial charge in [-0.25, -0.2) is 4.98 Å². The second kappa shape index (κ2) is 7.17. The Morgan fingerprint density at radius 3 is 2.89 bits per heavy atom. The van der Waals surface area contributed by atoms with Crippen molar-refractivity contribution in [3.8, 4) is 0 Å². The SMILES string of the molecule is CCNC(C)c1csc(C2SCCSC2CC)n1. The molecule has 102 valence electrons. The van der Waals surface area contributed by atoms with Crippen LogP contribution in [0.5, 0.6) is 0 Å². The first-order valence-electron chi connectivity index (χ1n) is 6.68. The van der Waals surface area contributed by atoms with Gasteiger partial charge in [-0.2, -0.15) is 11.8 Å². The summed E-state index contributed by atoms with van der Waals surface area (Å²) >= 11 is 6.06. The lowest BCUT2D eigenvalue weighted by Crippen LogP contribution is -2.20. The Morgan fingerprint density at radius 2 is 2.17 bits per heavy atom. The molecule has 2 nitrogen and oxygen atoms in total. The van der Waals surface area contributed by atoms with Crippen molar-refractivity contribution >= 4 is 34.9 Å². The Hall–Kier alpha value is 0.290. The molecule has 3 unspecified atom stereocenters. The number of nitrogens with one attached hydrogen (secondary N) is 1. The molecule has 0 amide bonds. The zero-order chi connectivity index (χ0) is 13.0. The van der Waals surface area contributed by atoms with E-state index in [4.69, 9.17) is 4.98 Å². The van der Waals surface area contributed by atoms with Crippen LogP contribution in [0.25, 0.3) is 0 Å². The van der Waals surface area contributed by atoms with Gasteiger partial charge in [0.2, 0.25) is 0 Å². The molecule has 1 aromatic rings. The van der Waals surface area contributed by atoms with Crippen molar-refractivity contribution in [3.63, 3.8) is 0 Å². The number of rotatable bonds is 5. The maximum atomic E-state index is 4.87. The van der Waals surface area contributed by atoms with E-state index in [9.17, 15) is 0 Å². The molecule has 2 rings (SSSR count). The highest BCUT2D eigenvalue weighted by Crippen LogP contribution is 2.45. The van der Waals surface area contributed by atoms with Crippen molar-refractivity contribution in [2.75, 3.05) is 18.1 Å². The molecule has 0 bridgehead atoms. The van der Waals surface area contributed by atoms with Crippen molar-refractivity contribution in [1.82, 2.24) is 10.3 Å². The van der Waals surface area contributed by atoms with E-state index < -0.39 is 0 Å². The van der Waals surface area contributed by atoms with Gasteiger partial charge in [0.15, 0.2) is 0 Å². The van der Waals surface area contributed by atoms with E-state index in [0.29, 0.717) is 11.3 Å². The molecule has 1 aliphatic rings. The Labute approximate surface area is 123 Å². The molecule has 0 aromatic carbocycles. The number of thiazole rings is 1. The maximum Gasteiger partial charge on any atom is 0.107 e. The number of hydrogen-bond donors (Lipinski definition) is 1. The van der Waals surface area contributed by atoms with E-state index in [0.717, 1.165) is 11.8 Å². The fraction of sp³-hybridized carbons (Fsp3) is 0.769. The summed E-state index contributed by atoms with van der Waals surface area (Å²) in [5.74, 6) is 2.56. The average Bonchev–Trinajstić information content (AvgIpc) is 2.88. The Morgan fingerprint density at radius 1 is 1.39 bits per heavy atom. The molecule has 0 saturated carbocycles. The predicted molar refractivity (Wildman–Crippen MR) is 85.9 cm³/mol. The van der Waals surface area contributed by atoms with Gasteiger partial charge in [-0.15, -0.1) is 23.1 Å². The zero-order valence-corrected chi connectivity index (χ0v) is 13.8. The summed E-state index contributed by atoms with van der Waals surface area (Å²) < 4.78 is 0. The minimum atomic E-state index is 0.376. The van der Waals surface area contributed by atoms with Crippen LogP contribution in [0.3, 0.4) is 0 Å². The van der Waals surface area contributed by atoms with Crippen molar-refractivity contribution in [1.29, 1.82) is 0 Å². The molecule has 3 atom stereocenters. The summed E-state index contributed by atoms with van der Waals surface area (Å²) in [7, 11) is 0. The van der Waals surface area contributed by atoms with E-state index in [1.54, 1.807) is 0 Å². The second-order valence-electron chi connectivity index (χ2n) is 4.50. The smallest absolute Gasteiger partial charge is 0.107 e. The Kier molecular flexibility index (Phi) is 5.86. The van der Waals surface area contributed by atoms with Crippen molar-refractivity contribution < 1.29 is 0 Å². The highest BCUT2D eigenvalue weighted by Gasteiger charge is 2.29. The third-order valence-corrected chi connectivity index (χ3v) is 7.54. The molecule has 1 aliphatic heterocycles. The lowest BCUT2D eigenvalue weighted by Gasteiger charge is -2.28. The van der Waals surface area contributed by atoms with E-state index in [1.165, 1.54) is 28.6 Å². The fourth-order valence-electron chi connectivity index (χ4n) is 2.17. The average molecular weight is 303 g/mol. The summed E-state index contributed by atoms with van der Waals surface area (Å²) in [6, 6.07) is 0.376. The largest absolute Gasteiger partial charge is 0.309 e. The molecule has 0 aliphatic carbocycles. The first-order valence-corrected chi connectivity index (χ1v) is 9.65. The van der Waals surface area contributed by atoms with Crippen LogP contribution in [-0.4, -0.2) is 28.3 Å². The number of aromatic nitrogens is 1. The molecule has 1 N–H and O–H groups in total. The van der Waals surface area contributed by atoms with Crippen LogP contribution in [0.2, 0.25) is 0 Å². The van der Waals surface area contributed by atoms with E-state index in [2.05, 4.69) is 55.0 Å². The van der Waals surface area contributed by atoms with Gasteiger partial charge < -0.3 is 5.32 Å². The van der Waals surface area contributed by atoms with Crippen LogP contribution < -0.4 is 5.32 Å². The number of thioether (sulfide) groups is 2. The molecular weight excluding hydrogens is 280 g/mol. The third-order valence-electron chi connectivity index (χ3n) is 3.19. The van der Waals surface area contributed by atoms with Gasteiger partial charge in [-0.1, -0.05) is 13.8 Å². The summed E-state index contributed by atoms with van der Waals surface area (Å²) in [6.07, 6.45) is 1.25. The highest BCUT2D eigenvalue weighted by molar-refractivity contribution is 8.06. The van der Waals surface area contributed by atoms with Gasteiger partial charge in [0.05, 0.1) is 10.9 Å². The third kappa shape index (κ3) is 3.44. The van der Waals surface area contributed by atoms with Crippen molar-refractivity contribution in [2.45, 2.75) is 43.7 Å². The molecule has 18 heavy (non-hydrogen) atoms. The lowest BCUT2D eigenvalue weighted by atomic mass is 10.2. The molecule has 5 heteroatoms. The van der Waals surface area contributed by atoms with Crippen LogP contribution >= 0.6 is 34.9 Å². The normalized spacial score (nSPS) is 26.2. The van der Waals surface area contributed by atoms with E-state index in [1.807, 2.05) is 11.3 Å². The van der Waals surface area contributed by atoms with Gasteiger partial charge in [0.1, 0.15) is 5.01 Å². The minimum absolute atomic E-state index is 0.376. The molecule has 0 spiro atoms. The van der Waals surface area contributed by atoms with Crippen LogP contribution in [0, 0.1) is 0 Å². The second-order valence-corrected chi connectivity index (χ2v) is 7.99. The molecule has 1 aromatic heterocycles. The van der Waals surface area contributed by atoms with Crippen LogP contribution in [0.15, 0.2) is 5.38 Å². The first kappa shape index (κ1) is 14.7. The molecule has 1 fully saturated rings. The fourth-order valence-corrected chi connectivity index (χ4v) is 6.52. The van der Waals surface area contributed by atoms with E-state index in [-0.39, 0.29) is 0 Å². The van der Waals surface area contributed by atoms with Gasteiger partial charge in [-0.3, -0.25) is 0 Å².